The van der Waals surface area contributed by atoms with E-state index in [0.29, 0.717) is 18.4 Å². The molecule has 0 aromatic heterocycles. The molecular formula is C12H22N2O3. The predicted molar refractivity (Wildman–Crippen MR) is 64.6 cm³/mol. The van der Waals surface area contributed by atoms with Crippen LogP contribution in [0, 0.1) is 11.8 Å². The number of hydrogen-bond acceptors (Lipinski definition) is 3. The molecule has 3 unspecified atom stereocenters. The molecule has 0 aromatic carbocycles. The largest absolute Gasteiger partial charge is 0.480 e. The average Bonchev–Trinajstić information content (AvgIpc) is 2.13. The van der Waals surface area contributed by atoms with Gasteiger partial charge in [-0.1, -0.05) is 13.8 Å². The maximum Gasteiger partial charge on any atom is 0.327 e. The van der Waals surface area contributed by atoms with Crippen LogP contribution in [-0.2, 0) is 9.59 Å². The normalized spacial score (nSPS) is 27.5. The number of piperidine rings is 1. The van der Waals surface area contributed by atoms with Crippen molar-refractivity contribution in [3.05, 3.63) is 0 Å². The van der Waals surface area contributed by atoms with Gasteiger partial charge in [-0.2, -0.15) is 0 Å². The van der Waals surface area contributed by atoms with Crippen molar-refractivity contribution in [2.45, 2.75) is 33.2 Å². The average molecular weight is 242 g/mol. The van der Waals surface area contributed by atoms with Gasteiger partial charge in [0, 0.05) is 26.6 Å². The van der Waals surface area contributed by atoms with Crippen molar-refractivity contribution in [1.29, 1.82) is 0 Å². The Hall–Kier alpha value is -1.10. The fourth-order valence-corrected chi connectivity index (χ4v) is 2.63. The lowest BCUT2D eigenvalue weighted by Crippen LogP contribution is -2.51. The number of carboxylic acid groups (broad SMARTS) is 1. The maximum atomic E-state index is 11.0. The number of rotatable bonds is 4. The number of aliphatic carboxylic acids is 1. The molecule has 98 valence electrons. The zero-order chi connectivity index (χ0) is 13.0. The standard InChI is InChI=1S/C12H22N2O3/c1-8-4-9(2)6-14(5-8)7-11(12(16)17)13-10(3)15/h8-9,11H,4-7H2,1-3H3,(H,13,15)(H,16,17). The molecule has 0 radical (unpaired) electrons. The third kappa shape index (κ3) is 4.73. The van der Waals surface area contributed by atoms with Crippen molar-refractivity contribution < 1.29 is 14.7 Å². The third-order valence-corrected chi connectivity index (χ3v) is 3.06. The van der Waals surface area contributed by atoms with Crippen molar-refractivity contribution >= 4 is 11.9 Å². The van der Waals surface area contributed by atoms with Crippen molar-refractivity contribution in [2.24, 2.45) is 11.8 Å². The van der Waals surface area contributed by atoms with Gasteiger partial charge in [-0.25, -0.2) is 4.79 Å². The lowest BCUT2D eigenvalue weighted by molar-refractivity contribution is -0.142. The highest BCUT2D eigenvalue weighted by Crippen LogP contribution is 2.20. The fourth-order valence-electron chi connectivity index (χ4n) is 2.63. The Morgan fingerprint density at radius 1 is 1.35 bits per heavy atom. The molecule has 0 aliphatic carbocycles. The Labute approximate surface area is 102 Å². The summed E-state index contributed by atoms with van der Waals surface area (Å²) in [7, 11) is 0. The van der Waals surface area contributed by atoms with Gasteiger partial charge in [0.05, 0.1) is 0 Å². The molecular weight excluding hydrogens is 220 g/mol. The summed E-state index contributed by atoms with van der Waals surface area (Å²) < 4.78 is 0. The van der Waals surface area contributed by atoms with E-state index in [-0.39, 0.29) is 5.91 Å². The van der Waals surface area contributed by atoms with Crippen LogP contribution in [0.15, 0.2) is 0 Å². The van der Waals surface area contributed by atoms with E-state index < -0.39 is 12.0 Å². The summed E-state index contributed by atoms with van der Waals surface area (Å²) in [5.41, 5.74) is 0. The Morgan fingerprint density at radius 2 is 1.88 bits per heavy atom. The lowest BCUT2D eigenvalue weighted by atomic mass is 9.91. The highest BCUT2D eigenvalue weighted by Gasteiger charge is 2.27. The van der Waals surface area contributed by atoms with Gasteiger partial charge in [-0.05, 0) is 18.3 Å². The summed E-state index contributed by atoms with van der Waals surface area (Å²) in [5, 5.41) is 11.5. The summed E-state index contributed by atoms with van der Waals surface area (Å²) in [5.74, 6) is -0.0855. The Balaban J connectivity index is 2.54. The predicted octanol–water partition coefficient (Wildman–Crippen LogP) is 0.554. The smallest absolute Gasteiger partial charge is 0.327 e. The molecule has 1 heterocycles. The summed E-state index contributed by atoms with van der Waals surface area (Å²) in [6.45, 7) is 7.91. The van der Waals surface area contributed by atoms with Crippen LogP contribution in [0.25, 0.3) is 0 Å². The van der Waals surface area contributed by atoms with E-state index in [2.05, 4.69) is 24.1 Å². The maximum absolute atomic E-state index is 11.0. The first-order valence-electron chi connectivity index (χ1n) is 6.10. The van der Waals surface area contributed by atoms with Crippen LogP contribution in [0.2, 0.25) is 0 Å². The van der Waals surface area contributed by atoms with Crippen LogP contribution < -0.4 is 5.32 Å². The van der Waals surface area contributed by atoms with E-state index in [4.69, 9.17) is 5.11 Å². The molecule has 0 saturated carbocycles. The van der Waals surface area contributed by atoms with E-state index >= 15 is 0 Å². The van der Waals surface area contributed by atoms with Gasteiger partial charge < -0.3 is 15.3 Å². The number of hydrogen-bond donors (Lipinski definition) is 2. The van der Waals surface area contributed by atoms with Gasteiger partial charge in [0.15, 0.2) is 0 Å². The lowest BCUT2D eigenvalue weighted by Gasteiger charge is -2.36. The van der Waals surface area contributed by atoms with Gasteiger partial charge in [-0.15, -0.1) is 0 Å². The van der Waals surface area contributed by atoms with Crippen molar-refractivity contribution in [1.82, 2.24) is 10.2 Å². The second kappa shape index (κ2) is 6.00. The van der Waals surface area contributed by atoms with Crippen LogP contribution in [0.5, 0.6) is 0 Å². The molecule has 2 N–H and O–H groups in total. The number of likely N-dealkylation sites (tertiary alicyclic amines) is 1. The summed E-state index contributed by atoms with van der Waals surface area (Å²) >= 11 is 0. The topological polar surface area (TPSA) is 69.6 Å². The second-order valence-corrected chi connectivity index (χ2v) is 5.26. The van der Waals surface area contributed by atoms with E-state index in [0.717, 1.165) is 13.1 Å². The fraction of sp³-hybridized carbons (Fsp3) is 0.833. The molecule has 5 nitrogen and oxygen atoms in total. The molecule has 0 aromatic rings. The summed E-state index contributed by atoms with van der Waals surface area (Å²) in [6, 6.07) is -0.801. The van der Waals surface area contributed by atoms with Gasteiger partial charge in [0.2, 0.25) is 5.91 Å². The zero-order valence-corrected chi connectivity index (χ0v) is 10.8. The van der Waals surface area contributed by atoms with Crippen LogP contribution in [0.3, 0.4) is 0 Å². The van der Waals surface area contributed by atoms with Crippen LogP contribution in [0.4, 0.5) is 0 Å². The molecule has 0 bridgehead atoms. The molecule has 5 heteroatoms. The number of nitrogens with zero attached hydrogens (tertiary/aromatic N) is 1. The summed E-state index contributed by atoms with van der Waals surface area (Å²) in [6.07, 6.45) is 1.19. The van der Waals surface area contributed by atoms with Gasteiger partial charge in [-0.3, -0.25) is 4.79 Å². The molecule has 17 heavy (non-hydrogen) atoms. The number of carboxylic acids is 1. The molecule has 1 aliphatic rings. The number of carbonyl (C=O) groups is 2. The first-order chi connectivity index (χ1) is 7.88. The van der Waals surface area contributed by atoms with E-state index in [9.17, 15) is 9.59 Å². The van der Waals surface area contributed by atoms with Gasteiger partial charge in [0.25, 0.3) is 0 Å². The minimum absolute atomic E-state index is 0.296. The van der Waals surface area contributed by atoms with Gasteiger partial charge >= 0.3 is 5.97 Å². The van der Waals surface area contributed by atoms with Crippen molar-refractivity contribution in [3.63, 3.8) is 0 Å². The van der Waals surface area contributed by atoms with Crippen LogP contribution in [-0.4, -0.2) is 47.6 Å². The van der Waals surface area contributed by atoms with E-state index in [1.807, 2.05) is 0 Å². The van der Waals surface area contributed by atoms with Crippen LogP contribution >= 0.6 is 0 Å². The molecule has 0 spiro atoms. The molecule has 1 fully saturated rings. The van der Waals surface area contributed by atoms with Crippen molar-refractivity contribution in [2.75, 3.05) is 19.6 Å². The SMILES string of the molecule is CC(=O)NC(CN1CC(C)CC(C)C1)C(=O)O. The second-order valence-electron chi connectivity index (χ2n) is 5.26. The number of amides is 1. The van der Waals surface area contributed by atoms with Crippen molar-refractivity contribution in [3.8, 4) is 0 Å². The molecule has 1 saturated heterocycles. The minimum atomic E-state index is -0.967. The van der Waals surface area contributed by atoms with E-state index in [1.54, 1.807) is 0 Å². The molecule has 1 rings (SSSR count). The third-order valence-electron chi connectivity index (χ3n) is 3.06. The highest BCUT2D eigenvalue weighted by molar-refractivity contribution is 5.82. The quantitative estimate of drug-likeness (QED) is 0.755. The van der Waals surface area contributed by atoms with E-state index in [1.165, 1.54) is 13.3 Å². The number of nitrogens with one attached hydrogen (secondary N) is 1. The summed E-state index contributed by atoms with van der Waals surface area (Å²) in [4.78, 5) is 24.1. The Morgan fingerprint density at radius 3 is 2.29 bits per heavy atom. The Bertz CT molecular complexity index is 283. The Kier molecular flexibility index (Phi) is 4.93. The monoisotopic (exact) mass is 242 g/mol. The first-order valence-corrected chi connectivity index (χ1v) is 6.10. The number of carbonyl (C=O) groups excluding carboxylic acids is 1. The minimum Gasteiger partial charge on any atom is -0.480 e. The molecule has 3 atom stereocenters. The molecule has 1 aliphatic heterocycles. The first kappa shape index (κ1) is 14.0. The van der Waals surface area contributed by atoms with Gasteiger partial charge in [0.1, 0.15) is 6.04 Å². The molecule has 1 amide bonds. The zero-order valence-electron chi connectivity index (χ0n) is 10.8. The highest BCUT2D eigenvalue weighted by atomic mass is 16.4. The van der Waals surface area contributed by atoms with Crippen LogP contribution in [0.1, 0.15) is 27.2 Å².